The Labute approximate surface area is 121 Å². The fourth-order valence-electron chi connectivity index (χ4n) is 2.64. The molecular formula is C12H26N4O3S. The Balaban J connectivity index is 2.58. The van der Waals surface area contributed by atoms with E-state index >= 15 is 0 Å². The first kappa shape index (κ1) is 17.4. The van der Waals surface area contributed by atoms with Crippen LogP contribution in [-0.2, 0) is 15.0 Å². The van der Waals surface area contributed by atoms with Crippen molar-refractivity contribution in [3.8, 4) is 0 Å². The minimum atomic E-state index is -3.68. The molecule has 2 unspecified atom stereocenters. The Hall–Kier alpha value is -0.700. The number of carbonyl (C=O) groups is 1. The number of hydrogen-bond acceptors (Lipinski definition) is 4. The van der Waals surface area contributed by atoms with E-state index in [0.717, 1.165) is 19.3 Å². The zero-order valence-corrected chi connectivity index (χ0v) is 13.1. The molecule has 2 atom stereocenters. The SMILES string of the molecule is CCCC(C)(N)C(=O)N1CCCC(CNS(N)(=O)=O)C1. The second-order valence-corrected chi connectivity index (χ2v) is 7.20. The highest BCUT2D eigenvalue weighted by atomic mass is 32.2. The van der Waals surface area contributed by atoms with Crippen LogP contribution in [0.1, 0.15) is 39.5 Å². The second kappa shape index (κ2) is 6.84. The van der Waals surface area contributed by atoms with Gasteiger partial charge in [-0.3, -0.25) is 4.79 Å². The van der Waals surface area contributed by atoms with Crippen LogP contribution in [0.5, 0.6) is 0 Å². The summed E-state index contributed by atoms with van der Waals surface area (Å²) in [6.45, 7) is 5.22. The molecule has 0 aliphatic carbocycles. The molecule has 0 aromatic rings. The first-order valence-electron chi connectivity index (χ1n) is 7.01. The standard InChI is InChI=1S/C12H26N4O3S/c1-3-6-12(2,13)11(17)16-7-4-5-10(9-16)8-15-20(14,18)19/h10,15H,3-9,13H2,1-2H3,(H2,14,18,19). The van der Waals surface area contributed by atoms with Gasteiger partial charge in [0.2, 0.25) is 5.91 Å². The van der Waals surface area contributed by atoms with E-state index in [2.05, 4.69) is 4.72 Å². The van der Waals surface area contributed by atoms with Gasteiger partial charge in [0.1, 0.15) is 0 Å². The fraction of sp³-hybridized carbons (Fsp3) is 0.917. The second-order valence-electron chi connectivity index (χ2n) is 5.82. The van der Waals surface area contributed by atoms with E-state index in [1.807, 2.05) is 6.92 Å². The van der Waals surface area contributed by atoms with Crippen LogP contribution in [0, 0.1) is 5.92 Å². The Bertz CT molecular complexity index is 436. The minimum absolute atomic E-state index is 0.0559. The molecule has 20 heavy (non-hydrogen) atoms. The Kier molecular flexibility index (Phi) is 5.93. The van der Waals surface area contributed by atoms with Gasteiger partial charge in [-0.05, 0) is 32.1 Å². The number of carbonyl (C=O) groups excluding carboxylic acids is 1. The molecule has 1 rings (SSSR count). The summed E-state index contributed by atoms with van der Waals surface area (Å²) in [4.78, 5) is 14.1. The van der Waals surface area contributed by atoms with Crippen LogP contribution in [0.2, 0.25) is 0 Å². The van der Waals surface area contributed by atoms with Crippen molar-refractivity contribution in [3.63, 3.8) is 0 Å². The van der Waals surface area contributed by atoms with Crippen molar-refractivity contribution >= 4 is 16.1 Å². The lowest BCUT2D eigenvalue weighted by molar-refractivity contribution is -0.138. The van der Waals surface area contributed by atoms with Crippen molar-refractivity contribution in [2.75, 3.05) is 19.6 Å². The number of piperidine rings is 1. The van der Waals surface area contributed by atoms with Crippen molar-refractivity contribution < 1.29 is 13.2 Å². The molecule has 1 saturated heterocycles. The number of amides is 1. The number of rotatable bonds is 6. The van der Waals surface area contributed by atoms with E-state index in [4.69, 9.17) is 10.9 Å². The summed E-state index contributed by atoms with van der Waals surface area (Å²) >= 11 is 0. The minimum Gasteiger partial charge on any atom is -0.341 e. The zero-order chi connectivity index (χ0) is 15.4. The van der Waals surface area contributed by atoms with Crippen LogP contribution in [-0.4, -0.2) is 44.4 Å². The highest BCUT2D eigenvalue weighted by molar-refractivity contribution is 7.87. The van der Waals surface area contributed by atoms with Crippen molar-refractivity contribution in [2.45, 2.75) is 45.1 Å². The van der Waals surface area contributed by atoms with Crippen LogP contribution >= 0.6 is 0 Å². The van der Waals surface area contributed by atoms with E-state index in [9.17, 15) is 13.2 Å². The van der Waals surface area contributed by atoms with Crippen LogP contribution < -0.4 is 15.6 Å². The van der Waals surface area contributed by atoms with E-state index < -0.39 is 15.7 Å². The first-order valence-corrected chi connectivity index (χ1v) is 8.56. The third-order valence-electron chi connectivity index (χ3n) is 3.64. The summed E-state index contributed by atoms with van der Waals surface area (Å²) in [5.41, 5.74) is 5.22. The Morgan fingerprint density at radius 1 is 1.50 bits per heavy atom. The highest BCUT2D eigenvalue weighted by Gasteiger charge is 2.34. The van der Waals surface area contributed by atoms with Gasteiger partial charge in [0.25, 0.3) is 10.2 Å². The molecule has 1 amide bonds. The van der Waals surface area contributed by atoms with Gasteiger partial charge in [-0.2, -0.15) is 8.42 Å². The number of nitrogens with zero attached hydrogens (tertiary/aromatic N) is 1. The Morgan fingerprint density at radius 2 is 2.15 bits per heavy atom. The Morgan fingerprint density at radius 3 is 2.70 bits per heavy atom. The van der Waals surface area contributed by atoms with Gasteiger partial charge >= 0.3 is 0 Å². The molecule has 1 fully saturated rings. The first-order chi connectivity index (χ1) is 9.15. The summed E-state index contributed by atoms with van der Waals surface area (Å²) in [5, 5.41) is 4.92. The maximum atomic E-state index is 12.4. The van der Waals surface area contributed by atoms with Crippen LogP contribution in [0.4, 0.5) is 0 Å². The fourth-order valence-corrected chi connectivity index (χ4v) is 3.11. The topological polar surface area (TPSA) is 119 Å². The number of nitrogens with one attached hydrogen (secondary N) is 1. The average molecular weight is 306 g/mol. The zero-order valence-electron chi connectivity index (χ0n) is 12.3. The molecule has 5 N–H and O–H groups in total. The van der Waals surface area contributed by atoms with Gasteiger partial charge in [-0.25, -0.2) is 9.86 Å². The summed E-state index contributed by atoms with van der Waals surface area (Å²) in [6, 6.07) is 0. The quantitative estimate of drug-likeness (QED) is 0.615. The summed E-state index contributed by atoms with van der Waals surface area (Å²) in [7, 11) is -3.68. The molecule has 1 aliphatic heterocycles. The molecule has 0 spiro atoms. The van der Waals surface area contributed by atoms with Gasteiger partial charge in [-0.1, -0.05) is 13.3 Å². The van der Waals surface area contributed by atoms with Crippen LogP contribution in [0.3, 0.4) is 0 Å². The maximum absolute atomic E-state index is 12.4. The lowest BCUT2D eigenvalue weighted by Gasteiger charge is -2.37. The normalized spacial score (nSPS) is 23.4. The van der Waals surface area contributed by atoms with E-state index in [1.54, 1.807) is 11.8 Å². The summed E-state index contributed by atoms with van der Waals surface area (Å²) < 4.78 is 24.1. The molecule has 0 radical (unpaired) electrons. The number of nitrogens with two attached hydrogens (primary N) is 2. The van der Waals surface area contributed by atoms with Gasteiger partial charge in [0, 0.05) is 19.6 Å². The van der Waals surface area contributed by atoms with Gasteiger partial charge in [0.05, 0.1) is 5.54 Å². The van der Waals surface area contributed by atoms with Crippen molar-refractivity contribution in [1.82, 2.24) is 9.62 Å². The highest BCUT2D eigenvalue weighted by Crippen LogP contribution is 2.20. The molecule has 8 heteroatoms. The van der Waals surface area contributed by atoms with E-state index in [-0.39, 0.29) is 18.4 Å². The predicted octanol–water partition coefficient (Wildman–Crippen LogP) is -0.464. The summed E-state index contributed by atoms with van der Waals surface area (Å²) in [6.07, 6.45) is 3.22. The smallest absolute Gasteiger partial charge is 0.274 e. The van der Waals surface area contributed by atoms with Gasteiger partial charge < -0.3 is 10.6 Å². The molecule has 118 valence electrons. The molecule has 0 aromatic heterocycles. The lowest BCUT2D eigenvalue weighted by atomic mass is 9.92. The van der Waals surface area contributed by atoms with Crippen LogP contribution in [0.15, 0.2) is 0 Å². The third-order valence-corrected chi connectivity index (χ3v) is 4.21. The monoisotopic (exact) mass is 306 g/mol. The van der Waals surface area contributed by atoms with Crippen molar-refractivity contribution in [2.24, 2.45) is 16.8 Å². The molecule has 1 aliphatic rings. The third kappa shape index (κ3) is 5.35. The lowest BCUT2D eigenvalue weighted by Crippen LogP contribution is -2.56. The predicted molar refractivity (Wildman–Crippen MR) is 77.9 cm³/mol. The van der Waals surface area contributed by atoms with Gasteiger partial charge in [-0.15, -0.1) is 0 Å². The van der Waals surface area contributed by atoms with Crippen molar-refractivity contribution in [1.29, 1.82) is 0 Å². The molecule has 0 aromatic carbocycles. The largest absolute Gasteiger partial charge is 0.341 e. The average Bonchev–Trinajstić information content (AvgIpc) is 2.35. The van der Waals surface area contributed by atoms with Crippen LogP contribution in [0.25, 0.3) is 0 Å². The molecule has 1 heterocycles. The molecule has 0 saturated carbocycles. The number of likely N-dealkylation sites (tertiary alicyclic amines) is 1. The molecular weight excluding hydrogens is 280 g/mol. The van der Waals surface area contributed by atoms with E-state index in [0.29, 0.717) is 19.5 Å². The molecule has 0 bridgehead atoms. The van der Waals surface area contributed by atoms with Crippen molar-refractivity contribution in [3.05, 3.63) is 0 Å². The van der Waals surface area contributed by atoms with Gasteiger partial charge in [0.15, 0.2) is 0 Å². The van der Waals surface area contributed by atoms with E-state index in [1.165, 1.54) is 0 Å². The summed E-state index contributed by atoms with van der Waals surface area (Å²) in [5.74, 6) is 0.0307. The number of hydrogen-bond donors (Lipinski definition) is 3. The maximum Gasteiger partial charge on any atom is 0.274 e. The molecule has 7 nitrogen and oxygen atoms in total.